The number of carboxylic acid groups (broad SMARTS) is 1. The zero-order valence-corrected chi connectivity index (χ0v) is 10.6. The van der Waals surface area contributed by atoms with Crippen LogP contribution in [0.25, 0.3) is 5.57 Å². The van der Waals surface area contributed by atoms with Crippen LogP contribution < -0.4 is 4.74 Å². The van der Waals surface area contributed by atoms with Gasteiger partial charge in [-0.2, -0.15) is 0 Å². The first-order chi connectivity index (χ1) is 8.70. The number of hydrogen-bond acceptors (Lipinski definition) is 3. The lowest BCUT2D eigenvalue weighted by atomic mass is 10.0. The third-order valence-electron chi connectivity index (χ3n) is 2.46. The normalized spacial score (nSPS) is 11.3. The van der Waals surface area contributed by atoms with Gasteiger partial charge in [-0.05, 0) is 29.1 Å². The number of rotatable bonds is 4. The van der Waals surface area contributed by atoms with Crippen molar-refractivity contribution in [3.63, 3.8) is 0 Å². The lowest BCUT2D eigenvalue weighted by Gasteiger charge is -2.06. The fourth-order valence-corrected chi connectivity index (χ4v) is 2.39. The molecule has 18 heavy (non-hydrogen) atoms. The van der Waals surface area contributed by atoms with Gasteiger partial charge in [0.05, 0.1) is 7.11 Å². The Morgan fingerprint density at radius 2 is 2.00 bits per heavy atom. The summed E-state index contributed by atoms with van der Waals surface area (Å²) < 4.78 is 5.09. The maximum absolute atomic E-state index is 10.9. The monoisotopic (exact) mass is 260 g/mol. The van der Waals surface area contributed by atoms with Crippen molar-refractivity contribution in [1.82, 2.24) is 0 Å². The van der Waals surface area contributed by atoms with E-state index < -0.39 is 5.97 Å². The highest BCUT2D eigenvalue weighted by Gasteiger charge is 2.08. The van der Waals surface area contributed by atoms with Crippen LogP contribution >= 0.6 is 11.3 Å². The van der Waals surface area contributed by atoms with Crippen LogP contribution in [0.4, 0.5) is 0 Å². The van der Waals surface area contributed by atoms with Crippen LogP contribution in [0.1, 0.15) is 10.4 Å². The molecule has 0 radical (unpaired) electrons. The summed E-state index contributed by atoms with van der Waals surface area (Å²) in [6.45, 7) is 0. The van der Waals surface area contributed by atoms with Crippen molar-refractivity contribution >= 4 is 22.9 Å². The Labute approximate surface area is 109 Å². The Bertz CT molecular complexity index is 553. The third kappa shape index (κ3) is 2.78. The lowest BCUT2D eigenvalue weighted by Crippen LogP contribution is -1.93. The molecule has 0 atom stereocenters. The second-order valence-corrected chi connectivity index (χ2v) is 4.55. The van der Waals surface area contributed by atoms with E-state index in [2.05, 4.69) is 0 Å². The molecule has 1 aromatic carbocycles. The van der Waals surface area contributed by atoms with E-state index in [1.807, 2.05) is 41.8 Å². The second kappa shape index (κ2) is 5.51. The molecule has 1 N–H and O–H groups in total. The molecule has 1 heterocycles. The molecule has 2 aromatic rings. The van der Waals surface area contributed by atoms with E-state index in [1.165, 1.54) is 17.4 Å². The van der Waals surface area contributed by atoms with Crippen molar-refractivity contribution < 1.29 is 14.6 Å². The number of aliphatic carboxylic acids is 1. The van der Waals surface area contributed by atoms with Gasteiger partial charge in [0.25, 0.3) is 0 Å². The molecule has 0 aliphatic carbocycles. The number of ether oxygens (including phenoxy) is 1. The van der Waals surface area contributed by atoms with Gasteiger partial charge in [0, 0.05) is 16.5 Å². The SMILES string of the molecule is COc1ccc(/C(=C\C(=O)O)c2cccs2)cc1. The Kier molecular flexibility index (Phi) is 3.79. The summed E-state index contributed by atoms with van der Waals surface area (Å²) in [5.74, 6) is -0.200. The molecule has 0 unspecified atom stereocenters. The second-order valence-electron chi connectivity index (χ2n) is 3.60. The average molecular weight is 260 g/mol. The Hall–Kier alpha value is -2.07. The summed E-state index contributed by atoms with van der Waals surface area (Å²) >= 11 is 1.51. The van der Waals surface area contributed by atoms with Gasteiger partial charge in [0.15, 0.2) is 0 Å². The predicted molar refractivity (Wildman–Crippen MR) is 72.0 cm³/mol. The molecule has 0 saturated carbocycles. The highest BCUT2D eigenvalue weighted by molar-refractivity contribution is 7.11. The first-order valence-electron chi connectivity index (χ1n) is 5.33. The van der Waals surface area contributed by atoms with E-state index in [0.29, 0.717) is 5.57 Å². The van der Waals surface area contributed by atoms with E-state index in [0.717, 1.165) is 16.2 Å². The first-order valence-corrected chi connectivity index (χ1v) is 6.21. The van der Waals surface area contributed by atoms with E-state index in [1.54, 1.807) is 7.11 Å². The Balaban J connectivity index is 2.43. The van der Waals surface area contributed by atoms with E-state index in [-0.39, 0.29) is 0 Å². The van der Waals surface area contributed by atoms with E-state index in [4.69, 9.17) is 9.84 Å². The molecule has 0 aliphatic rings. The fourth-order valence-electron chi connectivity index (χ4n) is 1.62. The number of thiophene rings is 1. The fraction of sp³-hybridized carbons (Fsp3) is 0.0714. The molecular formula is C14H12O3S. The van der Waals surface area contributed by atoms with Gasteiger partial charge in [-0.3, -0.25) is 0 Å². The number of hydrogen-bond donors (Lipinski definition) is 1. The van der Waals surface area contributed by atoms with Crippen molar-refractivity contribution in [1.29, 1.82) is 0 Å². The largest absolute Gasteiger partial charge is 0.497 e. The number of methoxy groups -OCH3 is 1. The van der Waals surface area contributed by atoms with Gasteiger partial charge in [0.2, 0.25) is 0 Å². The van der Waals surface area contributed by atoms with E-state index in [9.17, 15) is 4.79 Å². The third-order valence-corrected chi connectivity index (χ3v) is 3.36. The highest BCUT2D eigenvalue weighted by atomic mass is 32.1. The van der Waals surface area contributed by atoms with Crippen LogP contribution in [0.5, 0.6) is 5.75 Å². The van der Waals surface area contributed by atoms with Crippen LogP contribution in [0.15, 0.2) is 47.9 Å². The van der Waals surface area contributed by atoms with Crippen LogP contribution in [-0.4, -0.2) is 18.2 Å². The topological polar surface area (TPSA) is 46.5 Å². The highest BCUT2D eigenvalue weighted by Crippen LogP contribution is 2.28. The molecule has 0 saturated heterocycles. The summed E-state index contributed by atoms with van der Waals surface area (Å²) in [4.78, 5) is 11.8. The summed E-state index contributed by atoms with van der Waals surface area (Å²) in [5.41, 5.74) is 1.57. The van der Waals surface area contributed by atoms with Gasteiger partial charge in [0.1, 0.15) is 5.75 Å². The first kappa shape index (κ1) is 12.4. The van der Waals surface area contributed by atoms with Crippen LogP contribution in [-0.2, 0) is 4.79 Å². The van der Waals surface area contributed by atoms with Gasteiger partial charge in [-0.1, -0.05) is 18.2 Å². The number of carboxylic acids is 1. The minimum Gasteiger partial charge on any atom is -0.497 e. The zero-order chi connectivity index (χ0) is 13.0. The average Bonchev–Trinajstić information content (AvgIpc) is 2.89. The van der Waals surface area contributed by atoms with Crippen LogP contribution in [0.3, 0.4) is 0 Å². The summed E-state index contributed by atoms with van der Waals surface area (Å²) in [5, 5.41) is 10.9. The zero-order valence-electron chi connectivity index (χ0n) is 9.79. The molecule has 0 fully saturated rings. The van der Waals surface area contributed by atoms with Crippen molar-refractivity contribution in [3.8, 4) is 5.75 Å². The molecule has 3 nitrogen and oxygen atoms in total. The number of carbonyl (C=O) groups is 1. The van der Waals surface area contributed by atoms with Crippen molar-refractivity contribution in [2.45, 2.75) is 0 Å². The van der Waals surface area contributed by atoms with Crippen LogP contribution in [0.2, 0.25) is 0 Å². The Morgan fingerprint density at radius 3 is 2.50 bits per heavy atom. The van der Waals surface area contributed by atoms with Gasteiger partial charge in [-0.15, -0.1) is 11.3 Å². The smallest absolute Gasteiger partial charge is 0.328 e. The van der Waals surface area contributed by atoms with Gasteiger partial charge < -0.3 is 9.84 Å². The van der Waals surface area contributed by atoms with Crippen LogP contribution in [0, 0.1) is 0 Å². The van der Waals surface area contributed by atoms with Crippen molar-refractivity contribution in [2.24, 2.45) is 0 Å². The molecule has 4 heteroatoms. The predicted octanol–water partition coefficient (Wildman–Crippen LogP) is 3.27. The minimum atomic E-state index is -0.950. The molecule has 0 bridgehead atoms. The molecule has 0 amide bonds. The molecule has 0 aliphatic heterocycles. The molecular weight excluding hydrogens is 248 g/mol. The molecule has 92 valence electrons. The minimum absolute atomic E-state index is 0.708. The summed E-state index contributed by atoms with van der Waals surface area (Å²) in [6.07, 6.45) is 1.23. The van der Waals surface area contributed by atoms with Gasteiger partial charge in [-0.25, -0.2) is 4.79 Å². The lowest BCUT2D eigenvalue weighted by molar-refractivity contribution is -0.131. The summed E-state index contributed by atoms with van der Waals surface area (Å²) in [6, 6.07) is 11.2. The maximum Gasteiger partial charge on any atom is 0.328 e. The maximum atomic E-state index is 10.9. The molecule has 2 rings (SSSR count). The standard InChI is InChI=1S/C14H12O3S/c1-17-11-6-4-10(5-7-11)12(9-14(15)16)13-3-2-8-18-13/h2-9H,1H3,(H,15,16)/b12-9+. The molecule has 0 spiro atoms. The summed E-state index contributed by atoms with van der Waals surface area (Å²) in [7, 11) is 1.60. The quantitative estimate of drug-likeness (QED) is 0.858. The van der Waals surface area contributed by atoms with Crippen molar-refractivity contribution in [3.05, 3.63) is 58.3 Å². The molecule has 1 aromatic heterocycles. The van der Waals surface area contributed by atoms with Gasteiger partial charge >= 0.3 is 5.97 Å². The van der Waals surface area contributed by atoms with Crippen molar-refractivity contribution in [2.75, 3.05) is 7.11 Å². The Morgan fingerprint density at radius 1 is 1.28 bits per heavy atom. The van der Waals surface area contributed by atoms with E-state index >= 15 is 0 Å². The number of benzene rings is 1.